The molecular weight excluding hydrogens is 308 g/mol. The lowest BCUT2D eigenvalue weighted by molar-refractivity contribution is -0.129. The van der Waals surface area contributed by atoms with E-state index in [1.165, 1.54) is 0 Å². The lowest BCUT2D eigenvalue weighted by atomic mass is 10.2. The molecule has 0 bridgehead atoms. The van der Waals surface area contributed by atoms with Gasteiger partial charge in [-0.2, -0.15) is 5.26 Å². The van der Waals surface area contributed by atoms with Crippen LogP contribution in [0.3, 0.4) is 0 Å². The number of hydrogen-bond donors (Lipinski definition) is 2. The largest absolute Gasteiger partial charge is 0.375 e. The first-order chi connectivity index (χ1) is 9.22. The predicted molar refractivity (Wildman–Crippen MR) is 76.8 cm³/mol. The minimum Gasteiger partial charge on any atom is -0.375 e. The average molecular weight is 323 g/mol. The van der Waals surface area contributed by atoms with Crippen LogP contribution in [0.2, 0.25) is 0 Å². The van der Waals surface area contributed by atoms with Crippen molar-refractivity contribution in [1.29, 1.82) is 5.26 Å². The molecule has 1 aliphatic heterocycles. The molecule has 1 aliphatic rings. The predicted octanol–water partition coefficient (Wildman–Crippen LogP) is 1.16. The normalized spacial score (nSPS) is 14.8. The number of nitriles is 1. The number of hydrogen-bond acceptors (Lipinski definition) is 4. The Hall–Kier alpha value is -1.58. The van der Waals surface area contributed by atoms with Gasteiger partial charge in [-0.25, -0.2) is 0 Å². The third-order valence-electron chi connectivity index (χ3n) is 3.03. The van der Waals surface area contributed by atoms with Crippen LogP contribution in [-0.2, 0) is 4.79 Å². The molecule has 0 aliphatic carbocycles. The molecule has 0 aromatic heterocycles. The highest BCUT2D eigenvalue weighted by Crippen LogP contribution is 2.23. The fourth-order valence-corrected chi connectivity index (χ4v) is 2.44. The van der Waals surface area contributed by atoms with Crippen LogP contribution in [0.15, 0.2) is 22.7 Å². The number of halogens is 1. The van der Waals surface area contributed by atoms with Crippen molar-refractivity contribution in [2.75, 3.05) is 38.0 Å². The van der Waals surface area contributed by atoms with Crippen molar-refractivity contribution in [2.24, 2.45) is 0 Å². The van der Waals surface area contributed by atoms with Gasteiger partial charge in [0.15, 0.2) is 0 Å². The number of piperazine rings is 1. The zero-order chi connectivity index (χ0) is 13.7. The van der Waals surface area contributed by atoms with Crippen molar-refractivity contribution < 1.29 is 4.79 Å². The van der Waals surface area contributed by atoms with E-state index in [4.69, 9.17) is 5.26 Å². The highest BCUT2D eigenvalue weighted by Gasteiger charge is 2.16. The van der Waals surface area contributed by atoms with Crippen LogP contribution in [0.4, 0.5) is 5.69 Å². The van der Waals surface area contributed by atoms with Gasteiger partial charge in [0, 0.05) is 30.7 Å². The number of nitrogens with one attached hydrogen (secondary N) is 2. The van der Waals surface area contributed by atoms with Gasteiger partial charge in [-0.3, -0.25) is 4.79 Å². The Morgan fingerprint density at radius 1 is 1.47 bits per heavy atom. The lowest BCUT2D eigenvalue weighted by Crippen LogP contribution is -2.48. The van der Waals surface area contributed by atoms with E-state index in [0.29, 0.717) is 11.3 Å². The van der Waals surface area contributed by atoms with Crippen LogP contribution in [0.1, 0.15) is 5.56 Å². The Kier molecular flexibility index (Phi) is 4.77. The van der Waals surface area contributed by atoms with Crippen molar-refractivity contribution in [2.45, 2.75) is 0 Å². The Labute approximate surface area is 120 Å². The van der Waals surface area contributed by atoms with E-state index in [9.17, 15) is 4.79 Å². The minimum absolute atomic E-state index is 0.0605. The first-order valence-corrected chi connectivity index (χ1v) is 6.92. The quantitative estimate of drug-likeness (QED) is 0.876. The van der Waals surface area contributed by atoms with Crippen LogP contribution < -0.4 is 10.6 Å². The SMILES string of the molecule is N#Cc1c(Br)cccc1NCC(=O)N1CCNCC1. The molecule has 1 aromatic carbocycles. The summed E-state index contributed by atoms with van der Waals surface area (Å²) in [6.07, 6.45) is 0. The van der Waals surface area contributed by atoms with Crippen molar-refractivity contribution in [3.05, 3.63) is 28.2 Å². The van der Waals surface area contributed by atoms with E-state index in [-0.39, 0.29) is 12.5 Å². The van der Waals surface area contributed by atoms with Gasteiger partial charge >= 0.3 is 0 Å². The Balaban J connectivity index is 1.97. The van der Waals surface area contributed by atoms with Gasteiger partial charge in [0.05, 0.1) is 17.8 Å². The van der Waals surface area contributed by atoms with E-state index in [0.717, 1.165) is 30.7 Å². The fraction of sp³-hybridized carbons (Fsp3) is 0.385. The van der Waals surface area contributed by atoms with Crippen molar-refractivity contribution in [3.8, 4) is 6.07 Å². The summed E-state index contributed by atoms with van der Waals surface area (Å²) < 4.78 is 0.731. The monoisotopic (exact) mass is 322 g/mol. The maximum Gasteiger partial charge on any atom is 0.241 e. The Morgan fingerprint density at radius 2 is 2.21 bits per heavy atom. The summed E-state index contributed by atoms with van der Waals surface area (Å²) in [5.41, 5.74) is 1.20. The summed E-state index contributed by atoms with van der Waals surface area (Å²) >= 11 is 3.32. The number of amides is 1. The molecule has 2 rings (SSSR count). The summed E-state index contributed by atoms with van der Waals surface area (Å²) in [7, 11) is 0. The summed E-state index contributed by atoms with van der Waals surface area (Å²) in [6, 6.07) is 7.57. The third-order valence-corrected chi connectivity index (χ3v) is 3.69. The minimum atomic E-state index is 0.0605. The van der Waals surface area contributed by atoms with Crippen molar-refractivity contribution in [3.63, 3.8) is 0 Å². The number of nitrogens with zero attached hydrogens (tertiary/aromatic N) is 2. The molecule has 100 valence electrons. The van der Waals surface area contributed by atoms with Crippen LogP contribution in [-0.4, -0.2) is 43.5 Å². The van der Waals surface area contributed by atoms with Gasteiger partial charge in [-0.1, -0.05) is 6.07 Å². The number of carbonyl (C=O) groups is 1. The highest BCUT2D eigenvalue weighted by molar-refractivity contribution is 9.10. The number of rotatable bonds is 3. The molecule has 0 unspecified atom stereocenters. The van der Waals surface area contributed by atoms with Gasteiger partial charge in [0.2, 0.25) is 5.91 Å². The molecule has 0 radical (unpaired) electrons. The lowest BCUT2D eigenvalue weighted by Gasteiger charge is -2.27. The molecule has 1 saturated heterocycles. The molecule has 2 N–H and O–H groups in total. The zero-order valence-corrected chi connectivity index (χ0v) is 12.0. The van der Waals surface area contributed by atoms with Crippen molar-refractivity contribution >= 4 is 27.5 Å². The van der Waals surface area contributed by atoms with E-state index in [1.807, 2.05) is 17.0 Å². The first-order valence-electron chi connectivity index (χ1n) is 6.13. The van der Waals surface area contributed by atoms with Gasteiger partial charge in [-0.15, -0.1) is 0 Å². The van der Waals surface area contributed by atoms with Gasteiger partial charge in [-0.05, 0) is 28.1 Å². The maximum atomic E-state index is 12.0. The second-order valence-electron chi connectivity index (χ2n) is 4.26. The van der Waals surface area contributed by atoms with Crippen LogP contribution in [0.5, 0.6) is 0 Å². The fourth-order valence-electron chi connectivity index (χ4n) is 1.98. The Bertz CT molecular complexity index is 506. The standard InChI is InChI=1S/C13H15BrN4O/c14-11-2-1-3-12(10(11)8-15)17-9-13(19)18-6-4-16-5-7-18/h1-3,16-17H,4-7,9H2. The van der Waals surface area contributed by atoms with Gasteiger partial charge in [0.1, 0.15) is 6.07 Å². The van der Waals surface area contributed by atoms with Crippen LogP contribution in [0.25, 0.3) is 0 Å². The van der Waals surface area contributed by atoms with Gasteiger partial charge in [0.25, 0.3) is 0 Å². The van der Waals surface area contributed by atoms with Crippen molar-refractivity contribution in [1.82, 2.24) is 10.2 Å². The number of benzene rings is 1. The van der Waals surface area contributed by atoms with Crippen LogP contribution in [0, 0.1) is 11.3 Å². The van der Waals surface area contributed by atoms with E-state index >= 15 is 0 Å². The molecule has 6 heteroatoms. The Morgan fingerprint density at radius 3 is 2.89 bits per heavy atom. The summed E-state index contributed by atoms with van der Waals surface area (Å²) in [5.74, 6) is 0.0605. The molecule has 0 spiro atoms. The first kappa shape index (κ1) is 13.8. The van der Waals surface area contributed by atoms with E-state index < -0.39 is 0 Å². The zero-order valence-electron chi connectivity index (χ0n) is 10.4. The van der Waals surface area contributed by atoms with E-state index in [1.54, 1.807) is 6.07 Å². The molecule has 1 fully saturated rings. The molecule has 1 aromatic rings. The second kappa shape index (κ2) is 6.55. The van der Waals surface area contributed by atoms with E-state index in [2.05, 4.69) is 32.6 Å². The molecule has 19 heavy (non-hydrogen) atoms. The topological polar surface area (TPSA) is 68.2 Å². The highest BCUT2D eigenvalue weighted by atomic mass is 79.9. The maximum absolute atomic E-state index is 12.0. The molecular formula is C13H15BrN4O. The average Bonchev–Trinajstić information content (AvgIpc) is 2.45. The smallest absolute Gasteiger partial charge is 0.241 e. The summed E-state index contributed by atoms with van der Waals surface area (Å²) in [5, 5.41) is 15.3. The van der Waals surface area contributed by atoms with Crippen LogP contribution >= 0.6 is 15.9 Å². The molecule has 0 saturated carbocycles. The molecule has 0 atom stereocenters. The molecule has 1 heterocycles. The third kappa shape index (κ3) is 3.46. The molecule has 1 amide bonds. The molecule has 5 nitrogen and oxygen atoms in total. The number of carbonyl (C=O) groups excluding carboxylic acids is 1. The summed E-state index contributed by atoms with van der Waals surface area (Å²) in [6.45, 7) is 3.37. The van der Waals surface area contributed by atoms with Gasteiger partial charge < -0.3 is 15.5 Å². The summed E-state index contributed by atoms with van der Waals surface area (Å²) in [4.78, 5) is 13.8. The second-order valence-corrected chi connectivity index (χ2v) is 5.11. The number of anilines is 1.